The number of nitrogens with one attached hydrogen (secondary N) is 1. The van der Waals surface area contributed by atoms with E-state index in [2.05, 4.69) is 5.32 Å². The van der Waals surface area contributed by atoms with Crippen molar-refractivity contribution in [1.29, 1.82) is 0 Å². The van der Waals surface area contributed by atoms with Crippen LogP contribution in [0.5, 0.6) is 0 Å². The molecule has 0 spiro atoms. The molecule has 1 atom stereocenters. The molecular formula is C18H17F3N2O2. The highest BCUT2D eigenvalue weighted by Crippen LogP contribution is 2.35. The fourth-order valence-corrected chi connectivity index (χ4v) is 2.82. The normalized spacial score (nSPS) is 17.5. The number of benzene rings is 1. The van der Waals surface area contributed by atoms with E-state index in [-0.39, 0.29) is 5.69 Å². The van der Waals surface area contributed by atoms with Crippen molar-refractivity contribution in [3.63, 3.8) is 0 Å². The molecule has 0 saturated heterocycles. The minimum absolute atomic E-state index is 0.235. The first-order valence-corrected chi connectivity index (χ1v) is 7.66. The van der Waals surface area contributed by atoms with Crippen molar-refractivity contribution in [1.82, 2.24) is 9.88 Å². The third-order valence-electron chi connectivity index (χ3n) is 4.17. The quantitative estimate of drug-likeness (QED) is 0.833. The first-order chi connectivity index (χ1) is 11.6. The van der Waals surface area contributed by atoms with Crippen molar-refractivity contribution in [2.75, 3.05) is 0 Å². The number of carbonyl (C=O) groups is 1. The van der Waals surface area contributed by atoms with Gasteiger partial charge in [-0.3, -0.25) is 0 Å². The van der Waals surface area contributed by atoms with Crippen LogP contribution >= 0.6 is 0 Å². The zero-order valence-electron chi connectivity index (χ0n) is 13.6. The molecule has 0 fully saturated rings. The zero-order valence-corrected chi connectivity index (χ0v) is 13.6. The Kier molecular flexibility index (Phi) is 3.99. The van der Waals surface area contributed by atoms with Gasteiger partial charge in [-0.2, -0.15) is 13.2 Å². The van der Waals surface area contributed by atoms with E-state index in [1.54, 1.807) is 38.1 Å². The number of aromatic nitrogens is 1. The minimum Gasteiger partial charge on any atom is -0.386 e. The molecule has 1 unspecified atom stereocenters. The van der Waals surface area contributed by atoms with Gasteiger partial charge >= 0.3 is 6.18 Å². The van der Waals surface area contributed by atoms with Gasteiger partial charge in [0.1, 0.15) is 18.0 Å². The molecule has 2 heterocycles. The van der Waals surface area contributed by atoms with E-state index in [4.69, 9.17) is 0 Å². The molecule has 1 aliphatic rings. The number of hydrogen-bond acceptors (Lipinski definition) is 3. The minimum atomic E-state index is -4.52. The lowest BCUT2D eigenvalue weighted by molar-refractivity contribution is -0.142. The number of rotatable bonds is 3. The third-order valence-corrected chi connectivity index (χ3v) is 4.17. The van der Waals surface area contributed by atoms with Crippen LogP contribution in [0.25, 0.3) is 11.9 Å². The van der Waals surface area contributed by atoms with E-state index >= 15 is 0 Å². The first kappa shape index (κ1) is 17.3. The maximum atomic E-state index is 13.2. The van der Waals surface area contributed by atoms with Crippen LogP contribution in [-0.4, -0.2) is 16.0 Å². The maximum Gasteiger partial charge on any atom is 0.431 e. The lowest BCUT2D eigenvalue weighted by Crippen LogP contribution is -2.28. The second-order valence-corrected chi connectivity index (χ2v) is 6.45. The highest BCUT2D eigenvalue weighted by Gasteiger charge is 2.37. The summed E-state index contributed by atoms with van der Waals surface area (Å²) in [5, 5.41) is 12.9. The van der Waals surface area contributed by atoms with Gasteiger partial charge in [-0.05, 0) is 37.1 Å². The van der Waals surface area contributed by atoms with Crippen LogP contribution in [0.15, 0.2) is 36.4 Å². The molecule has 0 amide bonds. The van der Waals surface area contributed by atoms with E-state index in [1.165, 1.54) is 12.3 Å². The molecule has 132 valence electrons. The molecule has 1 aromatic heterocycles. The summed E-state index contributed by atoms with van der Waals surface area (Å²) in [7, 11) is 0. The lowest BCUT2D eigenvalue weighted by atomic mass is 9.96. The average molecular weight is 350 g/mol. The Balaban J connectivity index is 2.06. The van der Waals surface area contributed by atoms with Crippen LogP contribution in [0.2, 0.25) is 0 Å². The molecule has 2 aromatic rings. The monoisotopic (exact) mass is 350 g/mol. The number of fused-ring (bicyclic) bond motifs is 1. The molecule has 2 N–H and O–H groups in total. The SMILES string of the molecule is CC(C)(O)c1ccc(C2=Cn3c(ccc3C(F)(F)F)C(C=O)N2)cc1. The standard InChI is InChI=1S/C18H17F3N2O2/c1-17(2,25)12-5-3-11(4-6-12)13-9-23-15(14(10-24)22-13)7-8-16(23)18(19,20)21/h3-10,14,22,25H,1-2H3. The number of aldehydes is 1. The number of aliphatic hydroxyl groups is 1. The number of halogens is 3. The van der Waals surface area contributed by atoms with E-state index < -0.39 is 23.5 Å². The molecule has 25 heavy (non-hydrogen) atoms. The number of hydrogen-bond donors (Lipinski definition) is 2. The smallest absolute Gasteiger partial charge is 0.386 e. The van der Waals surface area contributed by atoms with Gasteiger partial charge in [-0.25, -0.2) is 0 Å². The van der Waals surface area contributed by atoms with Crippen molar-refractivity contribution < 1.29 is 23.1 Å². The Morgan fingerprint density at radius 3 is 2.28 bits per heavy atom. The Labute approximate surface area is 142 Å². The predicted molar refractivity (Wildman–Crippen MR) is 87.2 cm³/mol. The second kappa shape index (κ2) is 5.77. The maximum absolute atomic E-state index is 13.2. The van der Waals surface area contributed by atoms with Crippen molar-refractivity contribution in [2.45, 2.75) is 31.7 Å². The van der Waals surface area contributed by atoms with Crippen molar-refractivity contribution in [2.24, 2.45) is 0 Å². The summed E-state index contributed by atoms with van der Waals surface area (Å²) < 4.78 is 40.5. The lowest BCUT2D eigenvalue weighted by Gasteiger charge is -2.26. The van der Waals surface area contributed by atoms with Crippen molar-refractivity contribution in [3.8, 4) is 0 Å². The summed E-state index contributed by atoms with van der Waals surface area (Å²) >= 11 is 0. The Morgan fingerprint density at radius 1 is 1.12 bits per heavy atom. The fourth-order valence-electron chi connectivity index (χ4n) is 2.82. The molecule has 0 aliphatic carbocycles. The van der Waals surface area contributed by atoms with Crippen LogP contribution in [0, 0.1) is 0 Å². The number of carbonyl (C=O) groups excluding carboxylic acids is 1. The highest BCUT2D eigenvalue weighted by molar-refractivity contribution is 5.80. The van der Waals surface area contributed by atoms with E-state index in [0.29, 0.717) is 23.1 Å². The molecule has 0 bridgehead atoms. The highest BCUT2D eigenvalue weighted by atomic mass is 19.4. The van der Waals surface area contributed by atoms with E-state index in [9.17, 15) is 23.1 Å². The Hall–Kier alpha value is -2.54. The molecular weight excluding hydrogens is 333 g/mol. The van der Waals surface area contributed by atoms with Gasteiger partial charge < -0.3 is 19.8 Å². The van der Waals surface area contributed by atoms with Crippen LogP contribution in [0.4, 0.5) is 13.2 Å². The molecule has 4 nitrogen and oxygen atoms in total. The van der Waals surface area contributed by atoms with Crippen LogP contribution in [0.1, 0.15) is 42.4 Å². The van der Waals surface area contributed by atoms with E-state index in [1.807, 2.05) is 0 Å². The average Bonchev–Trinajstić information content (AvgIpc) is 2.97. The number of alkyl halides is 3. The summed E-state index contributed by atoms with van der Waals surface area (Å²) in [5.41, 5.74) is 0.0775. The summed E-state index contributed by atoms with van der Waals surface area (Å²) in [4.78, 5) is 11.3. The Bertz CT molecular complexity index is 827. The molecule has 3 rings (SSSR count). The van der Waals surface area contributed by atoms with Gasteiger partial charge in [0.2, 0.25) is 0 Å². The molecule has 1 aromatic carbocycles. The summed E-state index contributed by atoms with van der Waals surface area (Å²) in [5.74, 6) is 0. The molecule has 1 aliphatic heterocycles. The van der Waals surface area contributed by atoms with Crippen LogP contribution in [0.3, 0.4) is 0 Å². The summed E-state index contributed by atoms with van der Waals surface area (Å²) in [6.07, 6.45) is -2.61. The topological polar surface area (TPSA) is 54.3 Å². The summed E-state index contributed by atoms with van der Waals surface area (Å²) in [6, 6.07) is 8.16. The summed E-state index contributed by atoms with van der Waals surface area (Å²) in [6.45, 7) is 3.29. The van der Waals surface area contributed by atoms with Gasteiger partial charge in [0, 0.05) is 6.20 Å². The zero-order chi connectivity index (χ0) is 18.4. The van der Waals surface area contributed by atoms with E-state index in [0.717, 1.165) is 10.6 Å². The Morgan fingerprint density at radius 2 is 1.76 bits per heavy atom. The number of nitrogens with zero attached hydrogens (tertiary/aromatic N) is 1. The second-order valence-electron chi connectivity index (χ2n) is 6.45. The van der Waals surface area contributed by atoms with Crippen LogP contribution < -0.4 is 5.32 Å². The van der Waals surface area contributed by atoms with Gasteiger partial charge in [0.05, 0.1) is 17.0 Å². The molecule has 0 saturated carbocycles. The van der Waals surface area contributed by atoms with Crippen molar-refractivity contribution in [3.05, 3.63) is 58.9 Å². The third kappa shape index (κ3) is 3.19. The molecule has 7 heteroatoms. The van der Waals surface area contributed by atoms with Crippen molar-refractivity contribution >= 4 is 18.2 Å². The van der Waals surface area contributed by atoms with Gasteiger partial charge in [-0.15, -0.1) is 0 Å². The first-order valence-electron chi connectivity index (χ1n) is 7.66. The fraction of sp³-hybridized carbons (Fsp3) is 0.278. The van der Waals surface area contributed by atoms with Gasteiger partial charge in [0.15, 0.2) is 0 Å². The van der Waals surface area contributed by atoms with Gasteiger partial charge in [-0.1, -0.05) is 24.3 Å². The molecule has 0 radical (unpaired) electrons. The predicted octanol–water partition coefficient (Wildman–Crippen LogP) is 3.53. The van der Waals surface area contributed by atoms with Crippen LogP contribution in [-0.2, 0) is 16.6 Å². The largest absolute Gasteiger partial charge is 0.431 e. The van der Waals surface area contributed by atoms with Gasteiger partial charge in [0.25, 0.3) is 0 Å².